The zero-order valence-electron chi connectivity index (χ0n) is 2.38. The van der Waals surface area contributed by atoms with Gasteiger partial charge >= 0.3 is 0 Å². The number of aliphatic hydroxyl groups excluding tert-OH is 1. The minimum absolute atomic E-state index is 1.55. The molecule has 1 radical (unpaired) electrons. The third-order valence-electron chi connectivity index (χ3n) is 0.105. The SMILES string of the molecule is OC(O)[C]=S. The highest BCUT2D eigenvalue weighted by molar-refractivity contribution is 7.79. The van der Waals surface area contributed by atoms with Crippen LogP contribution in [0, 0.1) is 0 Å². The molecule has 3 heteroatoms. The zero-order chi connectivity index (χ0) is 4.28. The fourth-order valence-electron chi connectivity index (χ4n) is 0. The van der Waals surface area contributed by atoms with Crippen LogP contribution < -0.4 is 0 Å². The summed E-state index contributed by atoms with van der Waals surface area (Å²) >= 11 is 3.93. The Balaban J connectivity index is 2.83. The van der Waals surface area contributed by atoms with Crippen molar-refractivity contribution in [1.29, 1.82) is 0 Å². The summed E-state index contributed by atoms with van der Waals surface area (Å²) in [5, 5.41) is 17.1. The molecule has 0 saturated carbocycles. The van der Waals surface area contributed by atoms with E-state index < -0.39 is 6.29 Å². The lowest BCUT2D eigenvalue weighted by atomic mass is 10.8. The van der Waals surface area contributed by atoms with Crippen molar-refractivity contribution in [2.45, 2.75) is 6.29 Å². The van der Waals surface area contributed by atoms with Gasteiger partial charge in [-0.05, 0) is 0 Å². The van der Waals surface area contributed by atoms with Crippen molar-refractivity contribution < 1.29 is 10.2 Å². The minimum atomic E-state index is -1.55. The van der Waals surface area contributed by atoms with Gasteiger partial charge in [0.25, 0.3) is 0 Å². The number of thiocarbonyl (C=S) groups is 1. The van der Waals surface area contributed by atoms with Crippen LogP contribution >= 0.6 is 12.2 Å². The van der Waals surface area contributed by atoms with Crippen LogP contribution in [-0.4, -0.2) is 21.9 Å². The van der Waals surface area contributed by atoms with Gasteiger partial charge < -0.3 is 10.2 Å². The molecule has 0 fully saturated rings. The van der Waals surface area contributed by atoms with E-state index in [9.17, 15) is 0 Å². The van der Waals surface area contributed by atoms with Crippen molar-refractivity contribution in [3.8, 4) is 0 Å². The predicted molar refractivity (Wildman–Crippen MR) is 20.8 cm³/mol. The molecule has 0 aromatic heterocycles. The summed E-state index contributed by atoms with van der Waals surface area (Å²) < 4.78 is 0. The lowest BCUT2D eigenvalue weighted by Gasteiger charge is -1.81. The molecule has 29 valence electrons. The Bertz CT molecular complexity index is 34.6. The van der Waals surface area contributed by atoms with E-state index in [1.807, 2.05) is 0 Å². The van der Waals surface area contributed by atoms with Crippen LogP contribution in [0.25, 0.3) is 0 Å². The van der Waals surface area contributed by atoms with Gasteiger partial charge in [0.2, 0.25) is 0 Å². The smallest absolute Gasteiger partial charge is 0.190 e. The average Bonchev–Trinajstić information content (AvgIpc) is 1.38. The van der Waals surface area contributed by atoms with Gasteiger partial charge in [0.1, 0.15) is 0 Å². The molecule has 0 amide bonds. The average molecular weight is 91.1 g/mol. The van der Waals surface area contributed by atoms with E-state index in [4.69, 9.17) is 10.2 Å². The summed E-state index contributed by atoms with van der Waals surface area (Å²) in [6, 6.07) is 0. The highest BCUT2D eigenvalue weighted by atomic mass is 32.1. The molecular weight excluding hydrogens is 88.1 g/mol. The fraction of sp³-hybridized carbons (Fsp3) is 0.500. The largest absolute Gasteiger partial charge is 0.364 e. The highest BCUT2D eigenvalue weighted by Gasteiger charge is 1.80. The summed E-state index contributed by atoms with van der Waals surface area (Å²) in [6.45, 7) is 0. The minimum Gasteiger partial charge on any atom is -0.364 e. The molecule has 0 spiro atoms. The lowest BCUT2D eigenvalue weighted by Crippen LogP contribution is -2.01. The number of rotatable bonds is 1. The molecule has 0 bridgehead atoms. The first-order valence-electron chi connectivity index (χ1n) is 1.01. The van der Waals surface area contributed by atoms with Gasteiger partial charge in [-0.2, -0.15) is 0 Å². The standard InChI is InChI=1S/C2H3O2S/c3-2(4)1-5/h2-4H. The summed E-state index contributed by atoms with van der Waals surface area (Å²) in [7, 11) is 0. The second-order valence-electron chi connectivity index (χ2n) is 0.492. The number of hydrogen-bond acceptors (Lipinski definition) is 3. The van der Waals surface area contributed by atoms with Crippen molar-refractivity contribution in [3.05, 3.63) is 0 Å². The molecule has 0 heterocycles. The van der Waals surface area contributed by atoms with Crippen LogP contribution in [0.3, 0.4) is 0 Å². The van der Waals surface area contributed by atoms with E-state index >= 15 is 0 Å². The third-order valence-corrected chi connectivity index (χ3v) is 0.316. The Morgan fingerprint density at radius 1 is 1.60 bits per heavy atom. The molecule has 2 N–H and O–H groups in total. The van der Waals surface area contributed by atoms with Gasteiger partial charge in [0, 0.05) is 0 Å². The van der Waals surface area contributed by atoms with Crippen molar-refractivity contribution in [1.82, 2.24) is 0 Å². The van der Waals surface area contributed by atoms with Crippen LogP contribution in [0.5, 0.6) is 0 Å². The maximum Gasteiger partial charge on any atom is 0.190 e. The molecule has 0 saturated heterocycles. The first-order chi connectivity index (χ1) is 2.27. The highest BCUT2D eigenvalue weighted by Crippen LogP contribution is 1.60. The Hall–Kier alpha value is 0.01000. The van der Waals surface area contributed by atoms with Crippen LogP contribution in [0.1, 0.15) is 0 Å². The molecule has 0 aliphatic heterocycles. The molecular formula is C2H3O2S. The van der Waals surface area contributed by atoms with Gasteiger partial charge in [0.05, 0.1) is 5.37 Å². The Morgan fingerprint density at radius 3 is 1.80 bits per heavy atom. The summed E-state index contributed by atoms with van der Waals surface area (Å²) in [6.07, 6.45) is -1.55. The fourth-order valence-corrected chi connectivity index (χ4v) is 0. The topological polar surface area (TPSA) is 40.5 Å². The monoisotopic (exact) mass is 91.0 g/mol. The molecule has 0 unspecified atom stereocenters. The quantitative estimate of drug-likeness (QED) is 0.327. The number of aliphatic hydroxyl groups is 2. The zero-order valence-corrected chi connectivity index (χ0v) is 3.20. The molecule has 0 aromatic carbocycles. The molecule has 0 aliphatic rings. The van der Waals surface area contributed by atoms with Crippen molar-refractivity contribution in [2.24, 2.45) is 0 Å². The van der Waals surface area contributed by atoms with E-state index in [0.29, 0.717) is 0 Å². The molecule has 0 aromatic rings. The van der Waals surface area contributed by atoms with Crippen LogP contribution in [-0.2, 0) is 0 Å². The molecule has 2 nitrogen and oxygen atoms in total. The first-order valence-corrected chi connectivity index (χ1v) is 1.42. The van der Waals surface area contributed by atoms with Gasteiger partial charge in [-0.1, -0.05) is 12.2 Å². The van der Waals surface area contributed by atoms with Crippen molar-refractivity contribution >= 4 is 17.6 Å². The Labute approximate surface area is 35.1 Å². The van der Waals surface area contributed by atoms with Crippen LogP contribution in [0.4, 0.5) is 0 Å². The maximum absolute atomic E-state index is 7.70. The first kappa shape index (κ1) is 5.01. The van der Waals surface area contributed by atoms with Gasteiger partial charge in [-0.15, -0.1) is 0 Å². The van der Waals surface area contributed by atoms with E-state index in [1.165, 1.54) is 0 Å². The van der Waals surface area contributed by atoms with E-state index in [0.717, 1.165) is 0 Å². The second kappa shape index (κ2) is 2.26. The summed E-state index contributed by atoms with van der Waals surface area (Å²) in [5.41, 5.74) is 0. The van der Waals surface area contributed by atoms with E-state index in [-0.39, 0.29) is 0 Å². The van der Waals surface area contributed by atoms with Gasteiger partial charge in [-0.25, -0.2) is 0 Å². The summed E-state index contributed by atoms with van der Waals surface area (Å²) in [4.78, 5) is 0. The molecule has 0 aliphatic carbocycles. The maximum atomic E-state index is 7.70. The van der Waals surface area contributed by atoms with E-state index in [2.05, 4.69) is 12.2 Å². The number of hydrogen-bond donors (Lipinski definition) is 2. The van der Waals surface area contributed by atoms with Crippen LogP contribution in [0.15, 0.2) is 0 Å². The predicted octanol–water partition coefficient (Wildman–Crippen LogP) is -0.826. The third kappa shape index (κ3) is 4.01. The Kier molecular flexibility index (Phi) is 2.26. The Morgan fingerprint density at radius 2 is 1.80 bits per heavy atom. The van der Waals surface area contributed by atoms with Gasteiger partial charge in [0.15, 0.2) is 6.29 Å². The lowest BCUT2D eigenvalue weighted by molar-refractivity contribution is 0.0257. The van der Waals surface area contributed by atoms with Gasteiger partial charge in [-0.3, -0.25) is 0 Å². The normalized spacial score (nSPS) is 8.60. The second-order valence-corrected chi connectivity index (χ2v) is 0.727. The molecule has 0 rings (SSSR count). The molecule has 0 atom stereocenters. The summed E-state index contributed by atoms with van der Waals surface area (Å²) in [5.74, 6) is 0. The van der Waals surface area contributed by atoms with Crippen molar-refractivity contribution in [2.75, 3.05) is 0 Å². The van der Waals surface area contributed by atoms with Crippen molar-refractivity contribution in [3.63, 3.8) is 0 Å². The van der Waals surface area contributed by atoms with E-state index in [1.54, 1.807) is 5.37 Å². The molecule has 5 heavy (non-hydrogen) atoms. The van der Waals surface area contributed by atoms with Crippen LogP contribution in [0.2, 0.25) is 0 Å².